The molecule has 1 amide bonds. The SMILES string of the molecule is CCn1c(C)nc2cc(C(=O)N/N=C(/C)c3ccc(-n4ccnc4)cc3)ccc21. The van der Waals surface area contributed by atoms with Crippen LogP contribution in [0.4, 0.5) is 0 Å². The van der Waals surface area contributed by atoms with Crippen LogP contribution in [0.2, 0.25) is 0 Å². The van der Waals surface area contributed by atoms with Gasteiger partial charge in [-0.3, -0.25) is 4.79 Å². The molecule has 0 aliphatic carbocycles. The summed E-state index contributed by atoms with van der Waals surface area (Å²) in [6, 6.07) is 13.4. The number of aryl methyl sites for hydroxylation is 2. The van der Waals surface area contributed by atoms with Gasteiger partial charge in [-0.05, 0) is 56.7 Å². The van der Waals surface area contributed by atoms with E-state index in [2.05, 4.69) is 32.0 Å². The maximum Gasteiger partial charge on any atom is 0.271 e. The summed E-state index contributed by atoms with van der Waals surface area (Å²) in [5.74, 6) is 0.679. The Hall–Kier alpha value is -3.74. The minimum atomic E-state index is -0.259. The molecule has 1 N–H and O–H groups in total. The van der Waals surface area contributed by atoms with Crippen molar-refractivity contribution in [3.8, 4) is 5.69 Å². The van der Waals surface area contributed by atoms with Gasteiger partial charge in [0.2, 0.25) is 0 Å². The fourth-order valence-corrected chi connectivity index (χ4v) is 3.34. The number of aromatic nitrogens is 4. The monoisotopic (exact) mass is 386 g/mol. The first-order valence-corrected chi connectivity index (χ1v) is 9.47. The fourth-order valence-electron chi connectivity index (χ4n) is 3.34. The lowest BCUT2D eigenvalue weighted by molar-refractivity contribution is 0.0955. The van der Waals surface area contributed by atoms with E-state index >= 15 is 0 Å². The highest BCUT2D eigenvalue weighted by Gasteiger charge is 2.11. The van der Waals surface area contributed by atoms with Crippen molar-refractivity contribution in [1.29, 1.82) is 0 Å². The highest BCUT2D eigenvalue weighted by molar-refractivity contribution is 6.01. The van der Waals surface area contributed by atoms with E-state index in [1.54, 1.807) is 24.7 Å². The summed E-state index contributed by atoms with van der Waals surface area (Å²) in [5.41, 5.74) is 7.68. The highest BCUT2D eigenvalue weighted by Crippen LogP contribution is 2.18. The molecule has 29 heavy (non-hydrogen) atoms. The Balaban J connectivity index is 1.49. The van der Waals surface area contributed by atoms with E-state index in [1.807, 2.05) is 54.9 Å². The molecule has 7 heteroatoms. The Morgan fingerprint density at radius 1 is 1.14 bits per heavy atom. The van der Waals surface area contributed by atoms with Crippen molar-refractivity contribution in [3.63, 3.8) is 0 Å². The summed E-state index contributed by atoms with van der Waals surface area (Å²) < 4.78 is 4.04. The average Bonchev–Trinajstić information content (AvgIpc) is 3.38. The number of carbonyl (C=O) groups excluding carboxylic acids is 1. The summed E-state index contributed by atoms with van der Waals surface area (Å²) in [5, 5.41) is 4.25. The van der Waals surface area contributed by atoms with Gasteiger partial charge in [-0.15, -0.1) is 0 Å². The second-order valence-electron chi connectivity index (χ2n) is 6.76. The smallest absolute Gasteiger partial charge is 0.271 e. The molecular weight excluding hydrogens is 364 g/mol. The molecule has 0 aliphatic rings. The summed E-state index contributed by atoms with van der Waals surface area (Å²) in [4.78, 5) is 21.1. The molecule has 4 aromatic rings. The van der Waals surface area contributed by atoms with Crippen molar-refractivity contribution < 1.29 is 4.79 Å². The predicted octanol–water partition coefficient (Wildman–Crippen LogP) is 3.70. The van der Waals surface area contributed by atoms with Crippen LogP contribution in [0, 0.1) is 6.92 Å². The third-order valence-electron chi connectivity index (χ3n) is 4.93. The molecule has 2 heterocycles. The maximum absolute atomic E-state index is 12.5. The van der Waals surface area contributed by atoms with E-state index < -0.39 is 0 Å². The number of nitrogens with zero attached hydrogens (tertiary/aromatic N) is 5. The van der Waals surface area contributed by atoms with Crippen LogP contribution in [0.15, 0.2) is 66.3 Å². The first-order valence-electron chi connectivity index (χ1n) is 9.47. The number of nitrogens with one attached hydrogen (secondary N) is 1. The molecule has 4 rings (SSSR count). The number of fused-ring (bicyclic) bond motifs is 1. The van der Waals surface area contributed by atoms with Crippen LogP contribution in [0.1, 0.15) is 35.6 Å². The quantitative estimate of drug-likeness (QED) is 0.420. The number of rotatable bonds is 5. The largest absolute Gasteiger partial charge is 0.329 e. The zero-order valence-corrected chi connectivity index (χ0v) is 16.6. The van der Waals surface area contributed by atoms with Gasteiger partial charge in [0.15, 0.2) is 0 Å². The normalized spacial score (nSPS) is 11.8. The van der Waals surface area contributed by atoms with Gasteiger partial charge in [-0.2, -0.15) is 5.10 Å². The number of imidazole rings is 2. The Kier molecular flexibility index (Phi) is 4.95. The summed E-state index contributed by atoms with van der Waals surface area (Å²) >= 11 is 0. The number of carbonyl (C=O) groups is 1. The first-order chi connectivity index (χ1) is 14.1. The van der Waals surface area contributed by atoms with E-state index in [4.69, 9.17) is 0 Å². The van der Waals surface area contributed by atoms with Crippen LogP contribution >= 0.6 is 0 Å². The Morgan fingerprint density at radius 3 is 2.59 bits per heavy atom. The van der Waals surface area contributed by atoms with Crippen molar-refractivity contribution in [2.75, 3.05) is 0 Å². The number of hydrogen-bond donors (Lipinski definition) is 1. The lowest BCUT2D eigenvalue weighted by atomic mass is 10.1. The Morgan fingerprint density at radius 2 is 1.90 bits per heavy atom. The molecule has 0 saturated heterocycles. The number of benzene rings is 2. The van der Waals surface area contributed by atoms with Crippen molar-refractivity contribution >= 4 is 22.7 Å². The number of amides is 1. The molecule has 2 aromatic heterocycles. The van der Waals surface area contributed by atoms with E-state index in [0.29, 0.717) is 5.56 Å². The molecule has 0 aliphatic heterocycles. The van der Waals surface area contributed by atoms with Crippen LogP contribution < -0.4 is 5.43 Å². The Labute approximate surface area is 168 Å². The molecule has 0 saturated carbocycles. The van der Waals surface area contributed by atoms with Crippen LogP contribution in [0.5, 0.6) is 0 Å². The molecule has 7 nitrogen and oxygen atoms in total. The van der Waals surface area contributed by atoms with Gasteiger partial charge in [0.25, 0.3) is 5.91 Å². The lowest BCUT2D eigenvalue weighted by Crippen LogP contribution is -2.19. The second kappa shape index (κ2) is 7.71. The maximum atomic E-state index is 12.5. The van der Waals surface area contributed by atoms with Gasteiger partial charge in [0.05, 0.1) is 23.1 Å². The molecule has 0 radical (unpaired) electrons. The molecule has 0 bridgehead atoms. The predicted molar refractivity (Wildman–Crippen MR) is 113 cm³/mol. The van der Waals surface area contributed by atoms with E-state index in [1.165, 1.54) is 0 Å². The lowest BCUT2D eigenvalue weighted by Gasteiger charge is -2.06. The zero-order chi connectivity index (χ0) is 20.4. The summed E-state index contributed by atoms with van der Waals surface area (Å²) in [6.07, 6.45) is 5.37. The van der Waals surface area contributed by atoms with Crippen molar-refractivity contribution in [1.82, 2.24) is 24.5 Å². The van der Waals surface area contributed by atoms with Gasteiger partial charge in [0.1, 0.15) is 5.82 Å². The second-order valence-corrected chi connectivity index (χ2v) is 6.76. The number of hydrazone groups is 1. The van der Waals surface area contributed by atoms with E-state index in [9.17, 15) is 4.79 Å². The summed E-state index contributed by atoms with van der Waals surface area (Å²) in [7, 11) is 0. The minimum Gasteiger partial charge on any atom is -0.329 e. The van der Waals surface area contributed by atoms with E-state index in [-0.39, 0.29) is 5.91 Å². The standard InChI is InChI=1S/C22H22N6O/c1-4-28-16(3)24-20-13-18(7-10-21(20)28)22(29)26-25-15(2)17-5-8-19(9-6-17)27-12-11-23-14-27/h5-14H,4H2,1-3H3,(H,26,29)/b25-15-. The third-order valence-corrected chi connectivity index (χ3v) is 4.93. The molecule has 0 spiro atoms. The van der Waals surface area contributed by atoms with Gasteiger partial charge < -0.3 is 9.13 Å². The molecular formula is C22H22N6O. The van der Waals surface area contributed by atoms with Gasteiger partial charge in [0, 0.05) is 30.2 Å². The molecule has 0 fully saturated rings. The minimum absolute atomic E-state index is 0.259. The van der Waals surface area contributed by atoms with E-state index in [0.717, 1.165) is 40.4 Å². The van der Waals surface area contributed by atoms with Crippen LogP contribution in [-0.4, -0.2) is 30.7 Å². The molecule has 2 aromatic carbocycles. The average molecular weight is 386 g/mol. The third kappa shape index (κ3) is 3.67. The van der Waals surface area contributed by atoms with Crippen molar-refractivity contribution in [3.05, 3.63) is 78.1 Å². The molecule has 146 valence electrons. The molecule has 0 unspecified atom stereocenters. The van der Waals surface area contributed by atoms with Gasteiger partial charge >= 0.3 is 0 Å². The summed E-state index contributed by atoms with van der Waals surface area (Å²) in [6.45, 7) is 6.75. The Bertz CT molecular complexity index is 1190. The first kappa shape index (κ1) is 18.6. The highest BCUT2D eigenvalue weighted by atomic mass is 16.2. The van der Waals surface area contributed by atoms with Gasteiger partial charge in [-0.25, -0.2) is 15.4 Å². The topological polar surface area (TPSA) is 77.1 Å². The fraction of sp³-hybridized carbons (Fsp3) is 0.182. The number of hydrogen-bond acceptors (Lipinski definition) is 4. The van der Waals surface area contributed by atoms with Crippen molar-refractivity contribution in [2.24, 2.45) is 5.10 Å². The van der Waals surface area contributed by atoms with Crippen molar-refractivity contribution in [2.45, 2.75) is 27.3 Å². The van der Waals surface area contributed by atoms with Gasteiger partial charge in [-0.1, -0.05) is 12.1 Å². The van der Waals surface area contributed by atoms with Crippen LogP contribution in [0.3, 0.4) is 0 Å². The van der Waals surface area contributed by atoms with Crippen LogP contribution in [0.25, 0.3) is 16.7 Å². The zero-order valence-electron chi connectivity index (χ0n) is 16.6. The van der Waals surface area contributed by atoms with Crippen LogP contribution in [-0.2, 0) is 6.54 Å². The molecule has 0 atom stereocenters.